The standard InChI is InChI=1S/C21H24F3N3O3/c1-12(2)19(28)27-18-11-15(9-10-25-18)13(3)26-20(29)14(4)30-17-7-5-16(6-8-17)21(22,23)24/h5-14H,1-4H3,(H,26,29)(H,25,27,28). The van der Waals surface area contributed by atoms with Crippen LogP contribution in [0.1, 0.15) is 44.9 Å². The molecule has 1 heterocycles. The molecule has 0 spiro atoms. The molecule has 0 saturated carbocycles. The number of hydrogen-bond donors (Lipinski definition) is 2. The van der Waals surface area contributed by atoms with E-state index in [4.69, 9.17) is 4.74 Å². The number of amides is 2. The number of carbonyl (C=O) groups is 2. The first-order valence-corrected chi connectivity index (χ1v) is 9.38. The number of halogens is 3. The molecule has 2 amide bonds. The Kier molecular flexibility index (Phi) is 7.42. The van der Waals surface area contributed by atoms with Gasteiger partial charge in [0.2, 0.25) is 5.91 Å². The average Bonchev–Trinajstić information content (AvgIpc) is 2.67. The summed E-state index contributed by atoms with van der Waals surface area (Å²) in [5.41, 5.74) is -0.0715. The maximum absolute atomic E-state index is 12.6. The van der Waals surface area contributed by atoms with Crippen molar-refractivity contribution in [1.82, 2.24) is 10.3 Å². The molecule has 0 bridgehead atoms. The lowest BCUT2D eigenvalue weighted by molar-refractivity contribution is -0.137. The molecule has 1 aromatic heterocycles. The summed E-state index contributed by atoms with van der Waals surface area (Å²) in [7, 11) is 0. The summed E-state index contributed by atoms with van der Waals surface area (Å²) in [6.45, 7) is 6.78. The van der Waals surface area contributed by atoms with Gasteiger partial charge < -0.3 is 15.4 Å². The molecular weight excluding hydrogens is 399 g/mol. The Hall–Kier alpha value is -3.10. The van der Waals surface area contributed by atoms with E-state index in [9.17, 15) is 22.8 Å². The Balaban J connectivity index is 1.97. The molecule has 162 valence electrons. The minimum absolute atomic E-state index is 0.154. The second-order valence-corrected chi connectivity index (χ2v) is 7.13. The molecule has 2 rings (SSSR count). The molecule has 2 unspecified atom stereocenters. The van der Waals surface area contributed by atoms with Crippen LogP contribution in [0.4, 0.5) is 19.0 Å². The number of aromatic nitrogens is 1. The number of pyridine rings is 1. The zero-order valence-electron chi connectivity index (χ0n) is 17.1. The predicted octanol–water partition coefficient (Wildman–Crippen LogP) is 4.34. The fourth-order valence-electron chi connectivity index (χ4n) is 2.45. The minimum Gasteiger partial charge on any atom is -0.481 e. The number of anilines is 1. The van der Waals surface area contributed by atoms with Crippen molar-refractivity contribution in [3.8, 4) is 5.75 Å². The van der Waals surface area contributed by atoms with Gasteiger partial charge >= 0.3 is 6.18 Å². The van der Waals surface area contributed by atoms with Crippen LogP contribution in [-0.4, -0.2) is 22.9 Å². The lowest BCUT2D eigenvalue weighted by atomic mass is 10.1. The molecule has 2 N–H and O–H groups in total. The highest BCUT2D eigenvalue weighted by Gasteiger charge is 2.30. The quantitative estimate of drug-likeness (QED) is 0.694. The van der Waals surface area contributed by atoms with E-state index in [1.807, 2.05) is 0 Å². The van der Waals surface area contributed by atoms with Crippen molar-refractivity contribution in [2.24, 2.45) is 5.92 Å². The van der Waals surface area contributed by atoms with Gasteiger partial charge in [-0.3, -0.25) is 9.59 Å². The van der Waals surface area contributed by atoms with E-state index >= 15 is 0 Å². The average molecular weight is 423 g/mol. The largest absolute Gasteiger partial charge is 0.481 e. The molecule has 1 aromatic carbocycles. The van der Waals surface area contributed by atoms with Crippen LogP contribution in [0.2, 0.25) is 0 Å². The molecule has 2 atom stereocenters. The molecule has 9 heteroatoms. The van der Waals surface area contributed by atoms with Crippen molar-refractivity contribution in [3.63, 3.8) is 0 Å². The molecule has 0 aliphatic heterocycles. The lowest BCUT2D eigenvalue weighted by Gasteiger charge is -2.19. The van der Waals surface area contributed by atoms with Crippen LogP contribution < -0.4 is 15.4 Å². The summed E-state index contributed by atoms with van der Waals surface area (Å²) in [5, 5.41) is 5.46. The number of benzene rings is 1. The van der Waals surface area contributed by atoms with Crippen molar-refractivity contribution in [2.75, 3.05) is 5.32 Å². The number of hydrogen-bond acceptors (Lipinski definition) is 4. The first-order chi connectivity index (χ1) is 14.0. The number of nitrogens with zero attached hydrogens (tertiary/aromatic N) is 1. The zero-order valence-corrected chi connectivity index (χ0v) is 17.1. The van der Waals surface area contributed by atoms with Crippen molar-refractivity contribution in [2.45, 2.75) is 46.0 Å². The van der Waals surface area contributed by atoms with Gasteiger partial charge in [-0.15, -0.1) is 0 Å². The number of nitrogens with one attached hydrogen (secondary N) is 2. The summed E-state index contributed by atoms with van der Waals surface area (Å²) in [4.78, 5) is 28.3. The lowest BCUT2D eigenvalue weighted by Crippen LogP contribution is -2.37. The van der Waals surface area contributed by atoms with Gasteiger partial charge in [-0.25, -0.2) is 4.98 Å². The maximum Gasteiger partial charge on any atom is 0.416 e. The van der Waals surface area contributed by atoms with Gasteiger partial charge in [0.05, 0.1) is 11.6 Å². The van der Waals surface area contributed by atoms with Crippen LogP contribution in [0.25, 0.3) is 0 Å². The van der Waals surface area contributed by atoms with Gasteiger partial charge in [0.1, 0.15) is 11.6 Å². The first-order valence-electron chi connectivity index (χ1n) is 9.38. The summed E-state index contributed by atoms with van der Waals surface area (Å²) < 4.78 is 43.3. The van der Waals surface area contributed by atoms with Crippen LogP contribution in [-0.2, 0) is 15.8 Å². The third-order valence-corrected chi connectivity index (χ3v) is 4.28. The van der Waals surface area contributed by atoms with E-state index < -0.39 is 29.8 Å². The van der Waals surface area contributed by atoms with Crippen LogP contribution in [0.3, 0.4) is 0 Å². The summed E-state index contributed by atoms with van der Waals surface area (Å²) in [6.07, 6.45) is -3.84. The van der Waals surface area contributed by atoms with E-state index in [1.54, 1.807) is 32.9 Å². The Morgan fingerprint density at radius 1 is 1.00 bits per heavy atom. The number of rotatable bonds is 7. The molecule has 0 fully saturated rings. The molecule has 2 aromatic rings. The van der Waals surface area contributed by atoms with E-state index in [0.29, 0.717) is 5.82 Å². The molecule has 0 aliphatic rings. The third kappa shape index (κ3) is 6.47. The highest BCUT2D eigenvalue weighted by Crippen LogP contribution is 2.30. The first kappa shape index (κ1) is 23.2. The van der Waals surface area contributed by atoms with Crippen LogP contribution in [0, 0.1) is 5.92 Å². The number of carbonyl (C=O) groups excluding carboxylic acids is 2. The number of ether oxygens (including phenoxy) is 1. The second-order valence-electron chi connectivity index (χ2n) is 7.13. The van der Waals surface area contributed by atoms with Crippen molar-refractivity contribution in [1.29, 1.82) is 0 Å². The van der Waals surface area contributed by atoms with Crippen molar-refractivity contribution >= 4 is 17.6 Å². The fraction of sp³-hybridized carbons (Fsp3) is 0.381. The van der Waals surface area contributed by atoms with Crippen LogP contribution in [0.5, 0.6) is 5.75 Å². The molecule has 6 nitrogen and oxygen atoms in total. The van der Waals surface area contributed by atoms with Crippen LogP contribution in [0.15, 0.2) is 42.6 Å². The minimum atomic E-state index is -4.44. The highest BCUT2D eigenvalue weighted by atomic mass is 19.4. The molecule has 0 aliphatic carbocycles. The zero-order chi connectivity index (χ0) is 22.5. The van der Waals surface area contributed by atoms with E-state index in [1.165, 1.54) is 25.3 Å². The summed E-state index contributed by atoms with van der Waals surface area (Å²) in [6, 6.07) is 7.09. The van der Waals surface area contributed by atoms with Gasteiger partial charge in [-0.2, -0.15) is 13.2 Å². The van der Waals surface area contributed by atoms with E-state index in [0.717, 1.165) is 17.7 Å². The fourth-order valence-corrected chi connectivity index (χ4v) is 2.45. The van der Waals surface area contributed by atoms with E-state index in [2.05, 4.69) is 15.6 Å². The number of alkyl halides is 3. The van der Waals surface area contributed by atoms with Crippen molar-refractivity contribution < 1.29 is 27.5 Å². The maximum atomic E-state index is 12.6. The highest BCUT2D eigenvalue weighted by molar-refractivity contribution is 5.91. The van der Waals surface area contributed by atoms with Crippen LogP contribution >= 0.6 is 0 Å². The monoisotopic (exact) mass is 423 g/mol. The predicted molar refractivity (Wildman–Crippen MR) is 106 cm³/mol. The van der Waals surface area contributed by atoms with Gasteiger partial charge in [0, 0.05) is 12.1 Å². The van der Waals surface area contributed by atoms with E-state index in [-0.39, 0.29) is 17.6 Å². The smallest absolute Gasteiger partial charge is 0.416 e. The summed E-state index contributed by atoms with van der Waals surface area (Å²) >= 11 is 0. The van der Waals surface area contributed by atoms with Crippen molar-refractivity contribution in [3.05, 3.63) is 53.7 Å². The van der Waals surface area contributed by atoms with Gasteiger partial charge in [-0.1, -0.05) is 13.8 Å². The van der Waals surface area contributed by atoms with Gasteiger partial charge in [0.15, 0.2) is 6.10 Å². The second kappa shape index (κ2) is 9.60. The normalized spacial score (nSPS) is 13.5. The van der Waals surface area contributed by atoms with Gasteiger partial charge in [-0.05, 0) is 55.8 Å². The topological polar surface area (TPSA) is 80.3 Å². The SMILES string of the molecule is CC(C)C(=O)Nc1cc(C(C)NC(=O)C(C)Oc2ccc(C(F)(F)F)cc2)ccn1. The Morgan fingerprint density at radius 2 is 1.63 bits per heavy atom. The molecule has 0 radical (unpaired) electrons. The summed E-state index contributed by atoms with van der Waals surface area (Å²) in [5.74, 6) is -0.278. The molecular formula is C21H24F3N3O3. The Labute approximate surface area is 172 Å². The van der Waals surface area contributed by atoms with Gasteiger partial charge in [0.25, 0.3) is 5.91 Å². The third-order valence-electron chi connectivity index (χ3n) is 4.28. The Morgan fingerprint density at radius 3 is 2.20 bits per heavy atom. The Bertz CT molecular complexity index is 883. The molecule has 30 heavy (non-hydrogen) atoms. The molecule has 0 saturated heterocycles.